The number of hydrogen-bond acceptors (Lipinski definition) is 4. The minimum atomic E-state index is 0.867. The van der Waals surface area contributed by atoms with Crippen LogP contribution in [0.2, 0.25) is 0 Å². The predicted octanol–water partition coefficient (Wildman–Crippen LogP) is 18.5. The third-order valence-corrected chi connectivity index (χ3v) is 14.2. The van der Waals surface area contributed by atoms with Gasteiger partial charge >= 0.3 is 0 Å². The lowest BCUT2D eigenvalue weighted by atomic mass is 9.91. The number of nitrogens with zero attached hydrogens (tertiary/aromatic N) is 1. The number of para-hydroxylation sites is 2. The zero-order chi connectivity index (χ0) is 44.1. The van der Waals surface area contributed by atoms with Crippen molar-refractivity contribution in [1.29, 1.82) is 0 Å². The van der Waals surface area contributed by atoms with E-state index in [0.717, 1.165) is 50.3 Å². The van der Waals surface area contributed by atoms with Crippen LogP contribution in [0.4, 0.5) is 28.4 Å². The van der Waals surface area contributed by atoms with Crippen LogP contribution in [-0.4, -0.2) is 0 Å². The molecule has 4 heteroatoms. The molecule has 1 aliphatic rings. The summed E-state index contributed by atoms with van der Waals surface area (Å²) < 4.78 is 6.42. The van der Waals surface area contributed by atoms with E-state index < -0.39 is 0 Å². The lowest BCUT2D eigenvalue weighted by molar-refractivity contribution is 0.669. The van der Waals surface area contributed by atoms with Gasteiger partial charge in [0.15, 0.2) is 0 Å². The quantitative estimate of drug-likeness (QED) is 0.146. The Balaban J connectivity index is 0.852. The Morgan fingerprint density at radius 3 is 1.88 bits per heavy atom. The van der Waals surface area contributed by atoms with Crippen molar-refractivity contribution < 1.29 is 4.42 Å². The number of benzene rings is 10. The van der Waals surface area contributed by atoms with Crippen molar-refractivity contribution >= 4 is 89.8 Å². The third-order valence-electron chi connectivity index (χ3n) is 12.9. The highest BCUT2D eigenvalue weighted by Crippen LogP contribution is 2.49. The lowest BCUT2D eigenvalue weighted by Crippen LogP contribution is -2.11. The molecule has 0 unspecified atom stereocenters. The number of furan rings is 1. The maximum absolute atomic E-state index is 6.42. The van der Waals surface area contributed by atoms with Crippen LogP contribution < -0.4 is 10.2 Å². The Kier molecular flexibility index (Phi) is 9.88. The van der Waals surface area contributed by atoms with Gasteiger partial charge in [-0.25, -0.2) is 0 Å². The zero-order valence-electron chi connectivity index (χ0n) is 36.6. The van der Waals surface area contributed by atoms with Gasteiger partial charge < -0.3 is 14.6 Å². The Bertz CT molecular complexity index is 3710. The van der Waals surface area contributed by atoms with Gasteiger partial charge in [-0.3, -0.25) is 0 Å². The molecule has 0 aliphatic carbocycles. The van der Waals surface area contributed by atoms with Crippen LogP contribution in [0.15, 0.2) is 233 Å². The number of fused-ring (bicyclic) bond motifs is 6. The molecule has 0 atom stereocenters. The van der Waals surface area contributed by atoms with Crippen molar-refractivity contribution in [2.24, 2.45) is 0 Å². The first kappa shape index (κ1) is 39.5. The van der Waals surface area contributed by atoms with Crippen LogP contribution in [0.1, 0.15) is 18.1 Å². The van der Waals surface area contributed by atoms with Crippen molar-refractivity contribution in [3.05, 3.63) is 230 Å². The van der Waals surface area contributed by atoms with Crippen molar-refractivity contribution in [2.75, 3.05) is 10.2 Å². The summed E-state index contributed by atoms with van der Waals surface area (Å²) in [4.78, 5) is 4.92. The zero-order valence-corrected chi connectivity index (χ0v) is 37.4. The molecular formula is C62H44N2OS. The number of aryl methyl sites for hydroxylation is 1. The highest BCUT2D eigenvalue weighted by Gasteiger charge is 2.23. The van der Waals surface area contributed by atoms with Crippen LogP contribution in [0, 0.1) is 6.92 Å². The van der Waals surface area contributed by atoms with Crippen molar-refractivity contribution in [3.63, 3.8) is 0 Å². The summed E-state index contributed by atoms with van der Waals surface area (Å²) in [6.07, 6.45) is 8.41. The summed E-state index contributed by atoms with van der Waals surface area (Å²) in [6, 6.07) is 72.4. The molecule has 0 spiro atoms. The summed E-state index contributed by atoms with van der Waals surface area (Å²) in [7, 11) is 0. The molecule has 10 aromatic carbocycles. The lowest BCUT2D eigenvalue weighted by Gasteiger charge is -2.28. The number of allylic oxidation sites excluding steroid dienone is 3. The summed E-state index contributed by atoms with van der Waals surface area (Å²) in [5.41, 5.74) is 17.1. The molecule has 0 saturated heterocycles. The maximum Gasteiger partial charge on any atom is 0.137 e. The summed E-state index contributed by atoms with van der Waals surface area (Å²) >= 11 is 1.85. The monoisotopic (exact) mass is 864 g/mol. The highest BCUT2D eigenvalue weighted by atomic mass is 32.2. The molecule has 0 amide bonds. The van der Waals surface area contributed by atoms with Gasteiger partial charge in [-0.2, -0.15) is 0 Å². The summed E-state index contributed by atoms with van der Waals surface area (Å²) in [5, 5.41) is 10.8. The first-order valence-electron chi connectivity index (χ1n) is 22.5. The smallest absolute Gasteiger partial charge is 0.137 e. The van der Waals surface area contributed by atoms with Gasteiger partial charge in [-0.15, -0.1) is 0 Å². The fourth-order valence-corrected chi connectivity index (χ4v) is 10.8. The molecule has 11 aromatic rings. The molecule has 314 valence electrons. The molecular weight excluding hydrogens is 821 g/mol. The van der Waals surface area contributed by atoms with Crippen molar-refractivity contribution in [1.82, 2.24) is 0 Å². The molecule has 1 aliphatic heterocycles. The van der Waals surface area contributed by atoms with Gasteiger partial charge in [-0.1, -0.05) is 170 Å². The number of anilines is 5. The van der Waals surface area contributed by atoms with Gasteiger partial charge in [0.1, 0.15) is 11.2 Å². The van der Waals surface area contributed by atoms with Gasteiger partial charge in [0, 0.05) is 48.6 Å². The van der Waals surface area contributed by atoms with E-state index in [4.69, 9.17) is 4.42 Å². The summed E-state index contributed by atoms with van der Waals surface area (Å²) in [6.45, 7) is 4.28. The average Bonchev–Trinajstić information content (AvgIpc) is 3.76. The molecule has 1 N–H and O–H groups in total. The van der Waals surface area contributed by atoms with E-state index >= 15 is 0 Å². The highest BCUT2D eigenvalue weighted by molar-refractivity contribution is 7.99. The molecule has 0 saturated carbocycles. The second-order valence-electron chi connectivity index (χ2n) is 16.9. The Labute approximate surface area is 389 Å². The van der Waals surface area contributed by atoms with E-state index in [0.29, 0.717) is 0 Å². The van der Waals surface area contributed by atoms with Crippen LogP contribution in [0.5, 0.6) is 0 Å². The number of hydrogen-bond donors (Lipinski definition) is 1. The van der Waals surface area contributed by atoms with Crippen LogP contribution in [0.25, 0.3) is 82.9 Å². The largest absolute Gasteiger partial charge is 0.456 e. The van der Waals surface area contributed by atoms with E-state index in [1.165, 1.54) is 76.0 Å². The van der Waals surface area contributed by atoms with Crippen LogP contribution in [-0.2, 0) is 0 Å². The normalized spacial score (nSPS) is 12.2. The minimum Gasteiger partial charge on any atom is -0.456 e. The fraction of sp³-hybridized carbons (Fsp3) is 0.0323. The Hall–Kier alpha value is -8.05. The average molecular weight is 865 g/mol. The van der Waals surface area contributed by atoms with E-state index in [1.54, 1.807) is 0 Å². The maximum atomic E-state index is 6.42. The Morgan fingerprint density at radius 2 is 1.11 bits per heavy atom. The van der Waals surface area contributed by atoms with E-state index in [9.17, 15) is 0 Å². The van der Waals surface area contributed by atoms with E-state index in [1.807, 2.05) is 24.8 Å². The third kappa shape index (κ3) is 6.86. The molecule has 2 heterocycles. The predicted molar refractivity (Wildman–Crippen MR) is 282 cm³/mol. The molecule has 1 aromatic heterocycles. The second-order valence-corrected chi connectivity index (χ2v) is 18.0. The Morgan fingerprint density at radius 1 is 0.485 bits per heavy atom. The fourth-order valence-electron chi connectivity index (χ4n) is 9.78. The van der Waals surface area contributed by atoms with E-state index in [2.05, 4.69) is 236 Å². The van der Waals surface area contributed by atoms with Crippen molar-refractivity contribution in [3.8, 4) is 33.4 Å². The standard InChI is InChI=1S/C62H44N2OS/c1-3-4-5-14-45-33-38-56(50-17-7-6-15-48(45)50)64(57-22-13-24-59-61(57)51-18-9-11-23-58(51)65-59)46-34-29-43(30-35-46)41-25-27-42(28-26-41)44-31-36-47(37-32-44)66-62-40(2)39-53-49-16-8-10-20-54(49)63-55-21-12-19-52(62)60(53)55/h3-39,63H,1-2H3/b4-3-,14-5-. The van der Waals surface area contributed by atoms with Crippen LogP contribution in [0.3, 0.4) is 0 Å². The summed E-state index contributed by atoms with van der Waals surface area (Å²) in [5.74, 6) is 0. The van der Waals surface area contributed by atoms with Gasteiger partial charge in [0.05, 0.1) is 16.8 Å². The molecule has 0 fully saturated rings. The van der Waals surface area contributed by atoms with Gasteiger partial charge in [0.2, 0.25) is 0 Å². The number of rotatable bonds is 9. The molecule has 12 rings (SSSR count). The van der Waals surface area contributed by atoms with Crippen LogP contribution >= 0.6 is 11.8 Å². The molecule has 66 heavy (non-hydrogen) atoms. The number of nitrogens with one attached hydrogen (secondary N) is 1. The van der Waals surface area contributed by atoms with Gasteiger partial charge in [0.25, 0.3) is 0 Å². The topological polar surface area (TPSA) is 28.4 Å². The first-order valence-corrected chi connectivity index (χ1v) is 23.3. The SMILES string of the molecule is C/C=C\C=C/c1ccc(N(c2ccc(-c3ccc(-c4ccc(Sc5c(C)cc6c7c(cccc57)Nc5ccccc5-6)cc4)cc3)cc2)c2cccc3oc4ccccc4c23)c2ccccc12. The second kappa shape index (κ2) is 16.5. The molecule has 0 radical (unpaired) electrons. The van der Waals surface area contributed by atoms with E-state index in [-0.39, 0.29) is 0 Å². The molecule has 0 bridgehead atoms. The van der Waals surface area contributed by atoms with Gasteiger partial charge in [-0.05, 0) is 130 Å². The molecule has 3 nitrogen and oxygen atoms in total. The van der Waals surface area contributed by atoms with Crippen molar-refractivity contribution in [2.45, 2.75) is 23.6 Å². The minimum absolute atomic E-state index is 0.867. The first-order chi connectivity index (χ1) is 32.6.